The number of anilines is 1. The Hall–Kier alpha value is -0.850. The molecule has 2 N–H and O–H groups in total. The van der Waals surface area contributed by atoms with Crippen molar-refractivity contribution < 1.29 is 12.8 Å². The summed E-state index contributed by atoms with van der Waals surface area (Å²) in [6, 6.07) is 2.05. The van der Waals surface area contributed by atoms with Gasteiger partial charge in [0.1, 0.15) is 4.90 Å². The van der Waals surface area contributed by atoms with E-state index in [9.17, 15) is 12.8 Å². The Morgan fingerprint density at radius 1 is 1.42 bits per heavy atom. The van der Waals surface area contributed by atoms with Gasteiger partial charge in [0.25, 0.3) is 0 Å². The van der Waals surface area contributed by atoms with Gasteiger partial charge >= 0.3 is 0 Å². The van der Waals surface area contributed by atoms with Crippen LogP contribution in [-0.2, 0) is 10.0 Å². The maximum absolute atomic E-state index is 14.0. The van der Waals surface area contributed by atoms with Crippen molar-refractivity contribution in [3.63, 3.8) is 0 Å². The van der Waals surface area contributed by atoms with E-state index in [4.69, 9.17) is 17.3 Å². The fourth-order valence-electron chi connectivity index (χ4n) is 1.82. The average Bonchev–Trinajstić information content (AvgIpc) is 2.33. The first-order chi connectivity index (χ1) is 8.75. The molecule has 0 heterocycles. The first-order valence-electron chi connectivity index (χ1n) is 6.02. The number of sulfonamides is 1. The summed E-state index contributed by atoms with van der Waals surface area (Å²) in [5.74, 6) is -0.953. The smallest absolute Gasteiger partial charge is 0.246 e. The molecule has 19 heavy (non-hydrogen) atoms. The van der Waals surface area contributed by atoms with Crippen molar-refractivity contribution >= 4 is 27.3 Å². The topological polar surface area (TPSA) is 63.4 Å². The molecule has 0 aliphatic rings. The van der Waals surface area contributed by atoms with Gasteiger partial charge in [-0.05, 0) is 25.5 Å². The third-order valence-corrected chi connectivity index (χ3v) is 5.32. The van der Waals surface area contributed by atoms with Crippen molar-refractivity contribution in [2.75, 3.05) is 12.3 Å². The van der Waals surface area contributed by atoms with Crippen LogP contribution < -0.4 is 5.73 Å². The predicted octanol–water partition coefficient (Wildman–Crippen LogP) is 2.87. The molecule has 1 aromatic carbocycles. The number of benzene rings is 1. The fraction of sp³-hybridized carbons (Fsp3) is 0.500. The Morgan fingerprint density at radius 2 is 2.00 bits per heavy atom. The third kappa shape index (κ3) is 3.19. The van der Waals surface area contributed by atoms with Gasteiger partial charge in [-0.1, -0.05) is 25.4 Å². The van der Waals surface area contributed by atoms with Gasteiger partial charge in [-0.15, -0.1) is 0 Å². The lowest BCUT2D eigenvalue weighted by Gasteiger charge is -2.26. The number of nitrogens with zero attached hydrogens (tertiary/aromatic N) is 1. The molecule has 1 unspecified atom stereocenters. The lowest BCUT2D eigenvalue weighted by atomic mass is 10.3. The highest BCUT2D eigenvalue weighted by molar-refractivity contribution is 7.89. The molecule has 0 radical (unpaired) electrons. The quantitative estimate of drug-likeness (QED) is 0.851. The summed E-state index contributed by atoms with van der Waals surface area (Å²) in [6.07, 6.45) is 0.630. The van der Waals surface area contributed by atoms with Crippen LogP contribution >= 0.6 is 11.6 Å². The summed E-state index contributed by atoms with van der Waals surface area (Å²) >= 11 is 5.76. The molecule has 0 aliphatic carbocycles. The van der Waals surface area contributed by atoms with Crippen molar-refractivity contribution in [1.82, 2.24) is 4.31 Å². The van der Waals surface area contributed by atoms with Crippen molar-refractivity contribution in [1.29, 1.82) is 0 Å². The van der Waals surface area contributed by atoms with E-state index in [2.05, 4.69) is 0 Å². The predicted molar refractivity (Wildman–Crippen MR) is 75.1 cm³/mol. The highest BCUT2D eigenvalue weighted by Gasteiger charge is 2.30. The van der Waals surface area contributed by atoms with Crippen LogP contribution in [0.5, 0.6) is 0 Å². The molecule has 1 rings (SSSR count). The van der Waals surface area contributed by atoms with Gasteiger partial charge in [0.2, 0.25) is 10.0 Å². The normalized spacial score (nSPS) is 13.8. The summed E-state index contributed by atoms with van der Waals surface area (Å²) in [4.78, 5) is -0.473. The van der Waals surface area contributed by atoms with Crippen LogP contribution in [0.1, 0.15) is 27.2 Å². The molecule has 0 spiro atoms. The summed E-state index contributed by atoms with van der Waals surface area (Å²) in [5, 5.41) is 0.0951. The zero-order valence-electron chi connectivity index (χ0n) is 11.2. The Kier molecular flexibility index (Phi) is 5.18. The second-order valence-corrected chi connectivity index (χ2v) is 6.57. The van der Waals surface area contributed by atoms with E-state index < -0.39 is 20.7 Å². The van der Waals surface area contributed by atoms with Gasteiger partial charge in [-0.2, -0.15) is 4.31 Å². The lowest BCUT2D eigenvalue weighted by Crippen LogP contribution is -2.38. The van der Waals surface area contributed by atoms with Crippen LogP contribution in [0, 0.1) is 5.82 Å². The highest BCUT2D eigenvalue weighted by atomic mass is 35.5. The summed E-state index contributed by atoms with van der Waals surface area (Å²) in [6.45, 7) is 5.59. The average molecular weight is 309 g/mol. The molecule has 0 aliphatic heterocycles. The molecule has 1 atom stereocenters. The Labute approximate surface area is 118 Å². The zero-order valence-corrected chi connectivity index (χ0v) is 12.7. The van der Waals surface area contributed by atoms with E-state index in [1.165, 1.54) is 10.4 Å². The van der Waals surface area contributed by atoms with Gasteiger partial charge in [0, 0.05) is 17.6 Å². The molecule has 0 amide bonds. The van der Waals surface area contributed by atoms with E-state index >= 15 is 0 Å². The van der Waals surface area contributed by atoms with Crippen molar-refractivity contribution in [2.45, 2.75) is 38.1 Å². The monoisotopic (exact) mass is 308 g/mol. The number of rotatable bonds is 5. The van der Waals surface area contributed by atoms with Crippen LogP contribution in [0.2, 0.25) is 5.02 Å². The van der Waals surface area contributed by atoms with Gasteiger partial charge in [-0.25, -0.2) is 12.8 Å². The van der Waals surface area contributed by atoms with Crippen molar-refractivity contribution in [3.8, 4) is 0 Å². The summed E-state index contributed by atoms with van der Waals surface area (Å²) in [7, 11) is -3.94. The van der Waals surface area contributed by atoms with Gasteiger partial charge in [0.15, 0.2) is 5.82 Å². The molecule has 1 aromatic rings. The number of hydrogen-bond acceptors (Lipinski definition) is 3. The van der Waals surface area contributed by atoms with E-state index in [-0.39, 0.29) is 23.3 Å². The van der Waals surface area contributed by atoms with E-state index in [1.54, 1.807) is 13.8 Å². The standard InChI is InChI=1S/C12H18ClFN2O2S/c1-4-8(3)16(5-2)19(17,18)11-7-9(13)6-10(15)12(11)14/h6-8H,4-5,15H2,1-3H3. The molecule has 108 valence electrons. The minimum atomic E-state index is -3.94. The molecule has 4 nitrogen and oxygen atoms in total. The molecule has 0 saturated heterocycles. The first kappa shape index (κ1) is 16.2. The zero-order chi connectivity index (χ0) is 14.8. The van der Waals surface area contributed by atoms with Crippen LogP contribution in [0.3, 0.4) is 0 Å². The molecular weight excluding hydrogens is 291 g/mol. The second-order valence-electron chi connectivity index (χ2n) is 4.27. The molecule has 0 aromatic heterocycles. The van der Waals surface area contributed by atoms with Crippen LogP contribution in [0.25, 0.3) is 0 Å². The van der Waals surface area contributed by atoms with E-state index in [0.29, 0.717) is 6.42 Å². The molecule has 0 bridgehead atoms. The summed E-state index contributed by atoms with van der Waals surface area (Å²) in [5.41, 5.74) is 5.15. The largest absolute Gasteiger partial charge is 0.396 e. The highest BCUT2D eigenvalue weighted by Crippen LogP contribution is 2.28. The fourth-order valence-corrected chi connectivity index (χ4v) is 3.95. The molecular formula is C12H18ClFN2O2S. The Bertz CT molecular complexity index is 563. The third-order valence-electron chi connectivity index (χ3n) is 3.01. The lowest BCUT2D eigenvalue weighted by molar-refractivity contribution is 0.341. The molecule has 0 saturated carbocycles. The Morgan fingerprint density at radius 3 is 2.47 bits per heavy atom. The SMILES string of the molecule is CCC(C)N(CC)S(=O)(=O)c1cc(Cl)cc(N)c1F. The van der Waals surface area contributed by atoms with E-state index in [0.717, 1.165) is 6.07 Å². The van der Waals surface area contributed by atoms with Crippen molar-refractivity contribution in [3.05, 3.63) is 23.0 Å². The van der Waals surface area contributed by atoms with Crippen molar-refractivity contribution in [2.24, 2.45) is 0 Å². The maximum atomic E-state index is 14.0. The number of nitrogen functional groups attached to an aromatic ring is 1. The number of halogens is 2. The molecule has 7 heteroatoms. The van der Waals surface area contributed by atoms with Gasteiger partial charge in [0.05, 0.1) is 5.69 Å². The van der Waals surface area contributed by atoms with Gasteiger partial charge < -0.3 is 5.73 Å². The summed E-state index contributed by atoms with van der Waals surface area (Å²) < 4.78 is 40.1. The number of hydrogen-bond donors (Lipinski definition) is 1. The molecule has 0 fully saturated rings. The van der Waals surface area contributed by atoms with Crippen LogP contribution in [-0.4, -0.2) is 25.3 Å². The maximum Gasteiger partial charge on any atom is 0.246 e. The Balaban J connectivity index is 3.42. The minimum Gasteiger partial charge on any atom is -0.396 e. The first-order valence-corrected chi connectivity index (χ1v) is 7.83. The minimum absolute atomic E-state index is 0.0951. The van der Waals surface area contributed by atoms with E-state index in [1.807, 2.05) is 6.92 Å². The van der Waals surface area contributed by atoms with Crippen LogP contribution in [0.4, 0.5) is 10.1 Å². The van der Waals surface area contributed by atoms with Crippen LogP contribution in [0.15, 0.2) is 17.0 Å². The van der Waals surface area contributed by atoms with Gasteiger partial charge in [-0.3, -0.25) is 0 Å². The second kappa shape index (κ2) is 6.07. The number of nitrogens with two attached hydrogens (primary N) is 1.